The minimum Gasteiger partial charge on any atom is -0.319 e. The number of sulfonamides is 1. The third kappa shape index (κ3) is 4.41. The van der Waals surface area contributed by atoms with Crippen molar-refractivity contribution < 1.29 is 18.0 Å². The number of nitrogens with zero attached hydrogens (tertiary/aromatic N) is 3. The molecule has 2 fully saturated rings. The quantitative estimate of drug-likeness (QED) is 0.671. The molecular formula is C23H28N4O4S. The summed E-state index contributed by atoms with van der Waals surface area (Å²) in [7, 11) is -3.42. The van der Waals surface area contributed by atoms with Crippen LogP contribution in [0.3, 0.4) is 0 Å². The minimum absolute atomic E-state index is 0.0320. The van der Waals surface area contributed by atoms with Gasteiger partial charge in [-0.05, 0) is 25.0 Å². The van der Waals surface area contributed by atoms with Gasteiger partial charge in [-0.1, -0.05) is 60.2 Å². The lowest BCUT2D eigenvalue weighted by Crippen LogP contribution is -2.53. The van der Waals surface area contributed by atoms with Crippen LogP contribution in [0, 0.1) is 6.92 Å². The van der Waals surface area contributed by atoms with Gasteiger partial charge in [0.05, 0.1) is 12.4 Å². The van der Waals surface area contributed by atoms with Gasteiger partial charge >= 0.3 is 6.03 Å². The fraction of sp³-hybridized carbons (Fsp3) is 0.391. The molecule has 1 N–H and O–H groups in total. The predicted octanol–water partition coefficient (Wildman–Crippen LogP) is 1.87. The molecule has 4 rings (SSSR count). The summed E-state index contributed by atoms with van der Waals surface area (Å²) in [5.74, 6) is -0.332. The SMILES string of the molecule is Cc1ccc([C@]2(C)NC(=O)N(CN3CCN(S(=O)(=O)Cc4ccccc4)CC3)C2=O)cc1. The first-order valence-electron chi connectivity index (χ1n) is 10.6. The molecule has 2 aliphatic heterocycles. The second-order valence-electron chi connectivity index (χ2n) is 8.55. The van der Waals surface area contributed by atoms with E-state index >= 15 is 0 Å². The lowest BCUT2D eigenvalue weighted by molar-refractivity contribution is -0.132. The molecule has 32 heavy (non-hydrogen) atoms. The molecule has 1 atom stereocenters. The highest BCUT2D eigenvalue weighted by Crippen LogP contribution is 2.29. The summed E-state index contributed by atoms with van der Waals surface area (Å²) in [5, 5.41) is 2.82. The second kappa shape index (κ2) is 8.65. The van der Waals surface area contributed by atoms with E-state index in [1.165, 1.54) is 9.21 Å². The maximum Gasteiger partial charge on any atom is 0.326 e. The number of amides is 3. The van der Waals surface area contributed by atoms with Crippen LogP contribution in [0.5, 0.6) is 0 Å². The van der Waals surface area contributed by atoms with Crippen LogP contribution in [0.1, 0.15) is 23.6 Å². The molecule has 2 aromatic carbocycles. The molecule has 0 saturated carbocycles. The van der Waals surface area contributed by atoms with E-state index in [9.17, 15) is 18.0 Å². The Hall–Kier alpha value is -2.75. The highest BCUT2D eigenvalue weighted by atomic mass is 32.2. The van der Waals surface area contributed by atoms with Crippen LogP contribution in [0.25, 0.3) is 0 Å². The summed E-state index contributed by atoms with van der Waals surface area (Å²) in [6, 6.07) is 16.2. The zero-order valence-electron chi connectivity index (χ0n) is 18.3. The Morgan fingerprint density at radius 2 is 1.56 bits per heavy atom. The van der Waals surface area contributed by atoms with E-state index in [4.69, 9.17) is 0 Å². The Bertz CT molecular complexity index is 1100. The Morgan fingerprint density at radius 1 is 0.938 bits per heavy atom. The molecule has 9 heteroatoms. The third-order valence-corrected chi connectivity index (χ3v) is 8.01. The minimum atomic E-state index is -3.42. The summed E-state index contributed by atoms with van der Waals surface area (Å²) in [4.78, 5) is 28.9. The third-order valence-electron chi connectivity index (χ3n) is 6.16. The number of hydrogen-bond donors (Lipinski definition) is 1. The van der Waals surface area contributed by atoms with Crippen molar-refractivity contribution in [2.45, 2.75) is 25.1 Å². The molecule has 0 bridgehead atoms. The van der Waals surface area contributed by atoms with Crippen molar-refractivity contribution in [2.75, 3.05) is 32.8 Å². The number of urea groups is 1. The van der Waals surface area contributed by atoms with E-state index in [0.29, 0.717) is 26.2 Å². The van der Waals surface area contributed by atoms with Gasteiger partial charge < -0.3 is 5.32 Å². The number of aryl methyl sites for hydroxylation is 1. The number of rotatable bonds is 6. The highest BCUT2D eigenvalue weighted by Gasteiger charge is 2.49. The van der Waals surface area contributed by atoms with Crippen LogP contribution in [0.15, 0.2) is 54.6 Å². The smallest absolute Gasteiger partial charge is 0.319 e. The molecule has 0 unspecified atom stereocenters. The number of nitrogens with one attached hydrogen (secondary N) is 1. The first kappa shape index (κ1) is 22.4. The van der Waals surface area contributed by atoms with Crippen molar-refractivity contribution >= 4 is 22.0 Å². The standard InChI is InChI=1S/C23H28N4O4S/c1-18-8-10-20(11-9-18)23(2)21(28)27(22(29)24-23)17-25-12-14-26(15-13-25)32(30,31)16-19-6-4-3-5-7-19/h3-11H,12-17H2,1-2H3,(H,24,29)/t23-/m0/s1. The van der Waals surface area contributed by atoms with Gasteiger partial charge in [0, 0.05) is 26.2 Å². The summed E-state index contributed by atoms with van der Waals surface area (Å²) < 4.78 is 27.0. The van der Waals surface area contributed by atoms with Crippen LogP contribution >= 0.6 is 0 Å². The van der Waals surface area contributed by atoms with E-state index in [1.54, 1.807) is 19.1 Å². The monoisotopic (exact) mass is 456 g/mol. The van der Waals surface area contributed by atoms with Crippen LogP contribution in [0.2, 0.25) is 0 Å². The number of piperazine rings is 1. The first-order valence-corrected chi connectivity index (χ1v) is 12.3. The van der Waals surface area contributed by atoms with Crippen LogP contribution in [0.4, 0.5) is 4.79 Å². The summed E-state index contributed by atoms with van der Waals surface area (Å²) >= 11 is 0. The van der Waals surface area contributed by atoms with Crippen molar-refractivity contribution in [1.82, 2.24) is 19.4 Å². The number of benzene rings is 2. The molecule has 0 aromatic heterocycles. The number of hydrogen-bond acceptors (Lipinski definition) is 5. The van der Waals surface area contributed by atoms with E-state index in [1.807, 2.05) is 54.3 Å². The van der Waals surface area contributed by atoms with Gasteiger partial charge in [0.1, 0.15) is 5.54 Å². The highest BCUT2D eigenvalue weighted by molar-refractivity contribution is 7.88. The Morgan fingerprint density at radius 3 is 2.19 bits per heavy atom. The van der Waals surface area contributed by atoms with Gasteiger partial charge in [-0.2, -0.15) is 4.31 Å². The van der Waals surface area contributed by atoms with E-state index in [0.717, 1.165) is 16.7 Å². The summed E-state index contributed by atoms with van der Waals surface area (Å²) in [6.07, 6.45) is 0. The van der Waals surface area contributed by atoms with Gasteiger partial charge in [-0.3, -0.25) is 9.69 Å². The molecule has 0 spiro atoms. The van der Waals surface area contributed by atoms with Crippen molar-refractivity contribution in [3.63, 3.8) is 0 Å². The zero-order chi connectivity index (χ0) is 22.9. The molecule has 2 aromatic rings. The number of carbonyl (C=O) groups excluding carboxylic acids is 2. The van der Waals surface area contributed by atoms with Crippen LogP contribution in [-0.2, 0) is 26.1 Å². The van der Waals surface area contributed by atoms with E-state index in [-0.39, 0.29) is 18.3 Å². The maximum absolute atomic E-state index is 13.1. The second-order valence-corrected chi connectivity index (χ2v) is 10.5. The molecule has 2 heterocycles. The lowest BCUT2D eigenvalue weighted by Gasteiger charge is -2.35. The van der Waals surface area contributed by atoms with Gasteiger partial charge in [-0.15, -0.1) is 0 Å². The number of carbonyl (C=O) groups is 2. The van der Waals surface area contributed by atoms with Crippen molar-refractivity contribution in [2.24, 2.45) is 0 Å². The van der Waals surface area contributed by atoms with E-state index in [2.05, 4.69) is 5.32 Å². The maximum atomic E-state index is 13.1. The molecule has 2 aliphatic rings. The largest absolute Gasteiger partial charge is 0.326 e. The molecule has 3 amide bonds. The molecule has 8 nitrogen and oxygen atoms in total. The fourth-order valence-electron chi connectivity index (χ4n) is 4.13. The van der Waals surface area contributed by atoms with Gasteiger partial charge in [0.2, 0.25) is 10.0 Å². The summed E-state index contributed by atoms with van der Waals surface area (Å²) in [6.45, 7) is 5.37. The average Bonchev–Trinajstić information content (AvgIpc) is 2.99. The fourth-order valence-corrected chi connectivity index (χ4v) is 5.65. The first-order chi connectivity index (χ1) is 15.2. The van der Waals surface area contributed by atoms with Crippen LogP contribution in [-0.4, -0.2) is 67.3 Å². The normalized spacial score (nSPS) is 22.9. The predicted molar refractivity (Wildman–Crippen MR) is 121 cm³/mol. The Kier molecular flexibility index (Phi) is 6.07. The Labute approximate surface area is 188 Å². The number of imide groups is 1. The Balaban J connectivity index is 1.37. The molecule has 0 radical (unpaired) electrons. The zero-order valence-corrected chi connectivity index (χ0v) is 19.1. The summed E-state index contributed by atoms with van der Waals surface area (Å²) in [5.41, 5.74) is 1.46. The molecule has 0 aliphatic carbocycles. The van der Waals surface area contributed by atoms with Gasteiger partial charge in [0.15, 0.2) is 0 Å². The van der Waals surface area contributed by atoms with Crippen LogP contribution < -0.4 is 5.32 Å². The van der Waals surface area contributed by atoms with E-state index < -0.39 is 21.6 Å². The average molecular weight is 457 g/mol. The van der Waals surface area contributed by atoms with Crippen molar-refractivity contribution in [3.05, 3.63) is 71.3 Å². The van der Waals surface area contributed by atoms with Gasteiger partial charge in [-0.25, -0.2) is 18.1 Å². The van der Waals surface area contributed by atoms with Crippen molar-refractivity contribution in [1.29, 1.82) is 0 Å². The van der Waals surface area contributed by atoms with Gasteiger partial charge in [0.25, 0.3) is 5.91 Å². The van der Waals surface area contributed by atoms with Crippen molar-refractivity contribution in [3.8, 4) is 0 Å². The molecule has 2 saturated heterocycles. The lowest BCUT2D eigenvalue weighted by atomic mass is 9.91. The molecule has 170 valence electrons. The topological polar surface area (TPSA) is 90.0 Å². The molecular weight excluding hydrogens is 428 g/mol.